The van der Waals surface area contributed by atoms with Gasteiger partial charge in [0.15, 0.2) is 0 Å². The topological polar surface area (TPSA) is 95.9 Å². The molecule has 0 spiro atoms. The van der Waals surface area contributed by atoms with Crippen molar-refractivity contribution in [1.82, 2.24) is 5.32 Å². The normalized spacial score (nSPS) is 12.5. The number of carbonyl (C=O) groups excluding carboxylic acids is 2. The number of hydrogen-bond acceptors (Lipinski definition) is 5. The van der Waals surface area contributed by atoms with Gasteiger partial charge in [0.1, 0.15) is 0 Å². The number of aliphatic hydroxyl groups excluding tert-OH is 2. The van der Waals surface area contributed by atoms with Crippen LogP contribution in [0, 0.1) is 0 Å². The molecule has 0 aliphatic rings. The van der Waals surface area contributed by atoms with Crippen molar-refractivity contribution in [3.05, 3.63) is 24.3 Å². The smallest absolute Gasteiger partial charge is 0.305 e. The van der Waals surface area contributed by atoms with Crippen LogP contribution in [0.15, 0.2) is 24.3 Å². The Morgan fingerprint density at radius 2 is 0.543 bits per heavy atom. The van der Waals surface area contributed by atoms with Crippen LogP contribution >= 0.6 is 0 Å². The number of ether oxygens (including phenoxy) is 1. The first-order chi connectivity index (χ1) is 45.5. The highest BCUT2D eigenvalue weighted by Crippen LogP contribution is 2.21. The lowest BCUT2D eigenvalue weighted by Gasteiger charge is -2.22. The maximum atomic E-state index is 12.6. The molecule has 0 aliphatic carbocycles. The quantitative estimate of drug-likeness (QED) is 0.0320. The molecule has 546 valence electrons. The molecule has 0 aliphatic heterocycles. The van der Waals surface area contributed by atoms with Gasteiger partial charge >= 0.3 is 5.97 Å². The number of hydrogen-bond donors (Lipinski definition) is 3. The maximum Gasteiger partial charge on any atom is 0.305 e. The first-order valence-electron chi connectivity index (χ1n) is 42.6. The van der Waals surface area contributed by atoms with Gasteiger partial charge in [-0.15, -0.1) is 0 Å². The summed E-state index contributed by atoms with van der Waals surface area (Å²) in [5, 5.41) is 23.5. The molecular formula is C86H167NO5. The van der Waals surface area contributed by atoms with Crippen LogP contribution in [-0.4, -0.2) is 47.4 Å². The first kappa shape index (κ1) is 90.3. The number of esters is 1. The highest BCUT2D eigenvalue weighted by Gasteiger charge is 2.20. The number of rotatable bonds is 81. The summed E-state index contributed by atoms with van der Waals surface area (Å²) in [6.45, 7) is 4.98. The van der Waals surface area contributed by atoms with Gasteiger partial charge in [-0.3, -0.25) is 9.59 Å². The molecule has 0 aromatic carbocycles. The van der Waals surface area contributed by atoms with Crippen molar-refractivity contribution in [3.63, 3.8) is 0 Å². The van der Waals surface area contributed by atoms with Gasteiger partial charge in [-0.1, -0.05) is 443 Å². The molecule has 0 bridgehead atoms. The van der Waals surface area contributed by atoms with Crippen LogP contribution in [0.5, 0.6) is 0 Å². The minimum absolute atomic E-state index is 0.0109. The van der Waals surface area contributed by atoms with Crippen LogP contribution in [0.1, 0.15) is 489 Å². The number of unbranched alkanes of at least 4 members (excludes halogenated alkanes) is 66. The molecule has 3 N–H and O–H groups in total. The van der Waals surface area contributed by atoms with E-state index in [1.165, 1.54) is 405 Å². The Balaban J connectivity index is 3.30. The molecule has 0 aromatic heterocycles. The Morgan fingerprint density at radius 3 is 0.848 bits per heavy atom. The van der Waals surface area contributed by atoms with Gasteiger partial charge in [0.2, 0.25) is 5.91 Å². The molecule has 0 fully saturated rings. The van der Waals surface area contributed by atoms with E-state index in [-0.39, 0.29) is 18.5 Å². The van der Waals surface area contributed by atoms with Crippen LogP contribution in [0.25, 0.3) is 0 Å². The van der Waals surface area contributed by atoms with E-state index in [2.05, 4.69) is 43.5 Å². The molecule has 0 saturated carbocycles. The number of aliphatic hydroxyl groups is 2. The van der Waals surface area contributed by atoms with E-state index in [0.717, 1.165) is 51.4 Å². The lowest BCUT2D eigenvalue weighted by molar-refractivity contribution is -0.143. The summed E-state index contributed by atoms with van der Waals surface area (Å²) in [6, 6.07) is -0.537. The lowest BCUT2D eigenvalue weighted by atomic mass is 10.0. The fourth-order valence-electron chi connectivity index (χ4n) is 13.8. The number of amides is 1. The highest BCUT2D eigenvalue weighted by atomic mass is 16.5. The molecular weight excluding hydrogens is 1130 g/mol. The fourth-order valence-corrected chi connectivity index (χ4v) is 13.8. The number of carbonyl (C=O) groups is 2. The Bertz CT molecular complexity index is 1450. The zero-order valence-corrected chi connectivity index (χ0v) is 62.8. The zero-order chi connectivity index (χ0) is 66.3. The second kappa shape index (κ2) is 81.8. The van der Waals surface area contributed by atoms with Crippen molar-refractivity contribution in [3.8, 4) is 0 Å². The molecule has 0 radical (unpaired) electrons. The Labute approximate surface area is 577 Å². The standard InChI is InChI=1S/C86H167NO5/c1-3-5-7-9-11-13-15-17-19-20-21-41-44-47-51-54-58-62-66-70-74-78-84(89)83(82-88)87-85(90)79-75-71-67-63-59-55-52-48-45-42-39-37-35-33-31-29-27-25-23-22-24-26-28-30-32-34-36-38-40-43-46-49-53-57-61-65-69-73-77-81-92-86(91)80-76-72-68-64-60-56-50-18-16-14-12-10-8-6-4-2/h12,14,18,50,83-84,88-89H,3-11,13,15-17,19-49,51-82H2,1-2H3,(H,87,90)/b14-12-,50-18-. The van der Waals surface area contributed by atoms with E-state index in [1.54, 1.807) is 0 Å². The number of nitrogens with one attached hydrogen (secondary N) is 1. The second-order valence-corrected chi connectivity index (χ2v) is 29.5. The molecule has 2 atom stereocenters. The lowest BCUT2D eigenvalue weighted by Crippen LogP contribution is -2.45. The van der Waals surface area contributed by atoms with Gasteiger partial charge < -0.3 is 20.3 Å². The molecule has 0 rings (SSSR count). The van der Waals surface area contributed by atoms with Gasteiger partial charge in [0.25, 0.3) is 0 Å². The van der Waals surface area contributed by atoms with Crippen molar-refractivity contribution >= 4 is 11.9 Å². The van der Waals surface area contributed by atoms with E-state index in [1.807, 2.05) is 0 Å². The Hall–Kier alpha value is -1.66. The van der Waals surface area contributed by atoms with E-state index >= 15 is 0 Å². The van der Waals surface area contributed by atoms with Gasteiger partial charge in [0.05, 0.1) is 25.4 Å². The van der Waals surface area contributed by atoms with Gasteiger partial charge in [0, 0.05) is 12.8 Å². The average Bonchev–Trinajstić information content (AvgIpc) is 3.76. The summed E-state index contributed by atoms with van der Waals surface area (Å²) in [6.07, 6.45) is 106. The van der Waals surface area contributed by atoms with Gasteiger partial charge in [-0.05, 0) is 57.8 Å². The van der Waals surface area contributed by atoms with Crippen molar-refractivity contribution < 1.29 is 24.5 Å². The summed E-state index contributed by atoms with van der Waals surface area (Å²) in [5.74, 6) is -0.0121. The van der Waals surface area contributed by atoms with Crippen molar-refractivity contribution in [2.24, 2.45) is 0 Å². The SMILES string of the molecule is CCCCC/C=C\C/C=C\CCCCCCCC(=O)OCCCCCCCCCCCCCCCCCCCCCCCCCCCCCCCCCCCCCCCCCC(=O)NC(CO)C(O)CCCCCCCCCCCCCCCCCCCCCCC. The van der Waals surface area contributed by atoms with E-state index in [0.29, 0.717) is 25.9 Å². The highest BCUT2D eigenvalue weighted by molar-refractivity contribution is 5.76. The summed E-state index contributed by atoms with van der Waals surface area (Å²) >= 11 is 0. The van der Waals surface area contributed by atoms with E-state index in [4.69, 9.17) is 4.74 Å². The van der Waals surface area contributed by atoms with Crippen LogP contribution < -0.4 is 5.32 Å². The summed E-state index contributed by atoms with van der Waals surface area (Å²) in [4.78, 5) is 24.7. The summed E-state index contributed by atoms with van der Waals surface area (Å²) in [5.41, 5.74) is 0. The summed E-state index contributed by atoms with van der Waals surface area (Å²) < 4.78 is 5.50. The number of allylic oxidation sites excluding steroid dienone is 4. The molecule has 1 amide bonds. The zero-order valence-electron chi connectivity index (χ0n) is 62.8. The largest absolute Gasteiger partial charge is 0.466 e. The minimum Gasteiger partial charge on any atom is -0.466 e. The first-order valence-corrected chi connectivity index (χ1v) is 42.6. The predicted octanol–water partition coefficient (Wildman–Crippen LogP) is 28.4. The van der Waals surface area contributed by atoms with Crippen LogP contribution in [-0.2, 0) is 14.3 Å². The van der Waals surface area contributed by atoms with Crippen molar-refractivity contribution in [1.29, 1.82) is 0 Å². The molecule has 92 heavy (non-hydrogen) atoms. The third-order valence-electron chi connectivity index (χ3n) is 20.3. The molecule has 0 heterocycles. The van der Waals surface area contributed by atoms with E-state index < -0.39 is 12.1 Å². The molecule has 0 saturated heterocycles. The van der Waals surface area contributed by atoms with Crippen LogP contribution in [0.2, 0.25) is 0 Å². The Morgan fingerprint density at radius 1 is 0.304 bits per heavy atom. The minimum atomic E-state index is -0.661. The predicted molar refractivity (Wildman–Crippen MR) is 407 cm³/mol. The average molecular weight is 1300 g/mol. The van der Waals surface area contributed by atoms with Crippen molar-refractivity contribution in [2.45, 2.75) is 501 Å². The Kier molecular flexibility index (Phi) is 80.3. The third kappa shape index (κ3) is 77.3. The summed E-state index contributed by atoms with van der Waals surface area (Å²) in [7, 11) is 0. The maximum absolute atomic E-state index is 12.6. The molecule has 6 heteroatoms. The van der Waals surface area contributed by atoms with Crippen LogP contribution in [0.4, 0.5) is 0 Å². The monoisotopic (exact) mass is 1290 g/mol. The van der Waals surface area contributed by atoms with Gasteiger partial charge in [-0.2, -0.15) is 0 Å². The third-order valence-corrected chi connectivity index (χ3v) is 20.3. The second-order valence-electron chi connectivity index (χ2n) is 29.5. The molecule has 2 unspecified atom stereocenters. The fraction of sp³-hybridized carbons (Fsp3) is 0.930. The van der Waals surface area contributed by atoms with Crippen LogP contribution in [0.3, 0.4) is 0 Å². The van der Waals surface area contributed by atoms with Crippen molar-refractivity contribution in [2.75, 3.05) is 13.2 Å². The molecule has 6 nitrogen and oxygen atoms in total. The van der Waals surface area contributed by atoms with Gasteiger partial charge in [-0.25, -0.2) is 0 Å². The molecule has 0 aromatic rings. The van der Waals surface area contributed by atoms with E-state index in [9.17, 15) is 19.8 Å².